The topological polar surface area (TPSA) is 69.8 Å². The summed E-state index contributed by atoms with van der Waals surface area (Å²) in [4.78, 5) is 18.1. The Hall–Kier alpha value is -2.36. The molecule has 0 radical (unpaired) electrons. The van der Waals surface area contributed by atoms with Gasteiger partial charge in [0.2, 0.25) is 5.95 Å². The van der Waals surface area contributed by atoms with Crippen molar-refractivity contribution in [3.63, 3.8) is 0 Å². The van der Waals surface area contributed by atoms with E-state index in [0.717, 1.165) is 61.4 Å². The third-order valence-electron chi connectivity index (χ3n) is 5.06. The Balaban J connectivity index is 0.00000240. The van der Waals surface area contributed by atoms with Gasteiger partial charge in [0.25, 0.3) is 0 Å². The normalized spacial score (nSPS) is 14.8. The van der Waals surface area contributed by atoms with Crippen molar-refractivity contribution >= 4 is 46.9 Å². The van der Waals surface area contributed by atoms with Gasteiger partial charge in [-0.2, -0.15) is 0 Å². The Morgan fingerprint density at radius 3 is 2.52 bits per heavy atom. The summed E-state index contributed by atoms with van der Waals surface area (Å²) in [7, 11) is 0. The number of benzene rings is 1. The van der Waals surface area contributed by atoms with Gasteiger partial charge in [0.15, 0.2) is 5.96 Å². The minimum Gasteiger partial charge on any atom is -0.459 e. The van der Waals surface area contributed by atoms with Gasteiger partial charge in [0, 0.05) is 56.1 Å². The number of guanidine groups is 1. The van der Waals surface area contributed by atoms with E-state index in [9.17, 15) is 0 Å². The number of aromatic nitrogens is 2. The smallest absolute Gasteiger partial charge is 0.225 e. The maximum atomic E-state index is 6.01. The molecule has 1 aliphatic heterocycles. The third kappa shape index (κ3) is 4.80. The van der Waals surface area contributed by atoms with Gasteiger partial charge in [-0.1, -0.05) is 18.2 Å². The monoisotopic (exact) mass is 506 g/mol. The quantitative estimate of drug-likeness (QED) is 0.332. The summed E-state index contributed by atoms with van der Waals surface area (Å²) in [6, 6.07) is 9.98. The molecule has 0 aliphatic carbocycles. The molecule has 0 atom stereocenters. The number of hydrogen-bond acceptors (Lipinski definition) is 5. The molecule has 3 aromatic rings. The second-order valence-corrected chi connectivity index (χ2v) is 6.84. The van der Waals surface area contributed by atoms with Crippen molar-refractivity contribution in [1.29, 1.82) is 0 Å². The lowest BCUT2D eigenvalue weighted by Crippen LogP contribution is -2.52. The summed E-state index contributed by atoms with van der Waals surface area (Å²) in [6.45, 7) is 9.06. The Morgan fingerprint density at radius 2 is 1.83 bits per heavy atom. The second-order valence-electron chi connectivity index (χ2n) is 6.84. The summed E-state index contributed by atoms with van der Waals surface area (Å²) in [5, 5.41) is 4.58. The Bertz CT molecular complexity index is 950. The lowest BCUT2D eigenvalue weighted by atomic mass is 10.1. The van der Waals surface area contributed by atoms with Crippen molar-refractivity contribution in [1.82, 2.24) is 20.2 Å². The van der Waals surface area contributed by atoms with Crippen molar-refractivity contribution in [3.8, 4) is 0 Å². The molecule has 1 fully saturated rings. The number of furan rings is 1. The molecule has 1 saturated heterocycles. The highest BCUT2D eigenvalue weighted by Crippen LogP contribution is 2.25. The van der Waals surface area contributed by atoms with Crippen LogP contribution in [0.25, 0.3) is 11.0 Å². The summed E-state index contributed by atoms with van der Waals surface area (Å²) < 4.78 is 6.01. The molecule has 2 aromatic heterocycles. The number of aliphatic imine (C=N–C) groups is 1. The van der Waals surface area contributed by atoms with Crippen LogP contribution in [0.15, 0.2) is 52.1 Å². The molecule has 29 heavy (non-hydrogen) atoms. The lowest BCUT2D eigenvalue weighted by Gasteiger charge is -2.36. The van der Waals surface area contributed by atoms with Crippen molar-refractivity contribution in [2.75, 3.05) is 37.6 Å². The zero-order valence-electron chi connectivity index (χ0n) is 16.8. The molecule has 0 unspecified atom stereocenters. The Kier molecular flexibility index (Phi) is 7.29. The van der Waals surface area contributed by atoms with E-state index in [1.807, 2.05) is 24.3 Å². The molecule has 3 heterocycles. The van der Waals surface area contributed by atoms with Crippen LogP contribution < -0.4 is 10.2 Å². The SMILES string of the molecule is CCNC(=NCc1oc2ccccc2c1C)N1CCN(c2ncccn2)CC1.I. The van der Waals surface area contributed by atoms with E-state index in [2.05, 4.69) is 45.0 Å². The molecule has 0 spiro atoms. The largest absolute Gasteiger partial charge is 0.459 e. The summed E-state index contributed by atoms with van der Waals surface area (Å²) in [6.07, 6.45) is 3.58. The first-order valence-electron chi connectivity index (χ1n) is 9.78. The van der Waals surface area contributed by atoms with E-state index in [1.165, 1.54) is 5.56 Å². The van der Waals surface area contributed by atoms with Gasteiger partial charge in [0.05, 0.1) is 0 Å². The number of fused-ring (bicyclic) bond motifs is 1. The van der Waals surface area contributed by atoms with Crippen LogP contribution in [0.4, 0.5) is 5.95 Å². The number of nitrogens with one attached hydrogen (secondary N) is 1. The zero-order chi connectivity index (χ0) is 19.3. The van der Waals surface area contributed by atoms with Crippen LogP contribution in [0.5, 0.6) is 0 Å². The molecule has 0 bridgehead atoms. The first-order chi connectivity index (χ1) is 13.8. The zero-order valence-corrected chi connectivity index (χ0v) is 19.2. The van der Waals surface area contributed by atoms with Crippen molar-refractivity contribution in [2.45, 2.75) is 20.4 Å². The Morgan fingerprint density at radius 1 is 1.10 bits per heavy atom. The molecule has 0 amide bonds. The molecule has 1 aromatic carbocycles. The molecule has 154 valence electrons. The first kappa shape index (κ1) is 21.4. The van der Waals surface area contributed by atoms with Crippen molar-refractivity contribution in [2.24, 2.45) is 4.99 Å². The number of rotatable bonds is 4. The van der Waals surface area contributed by atoms with Gasteiger partial charge in [-0.15, -0.1) is 24.0 Å². The first-order valence-corrected chi connectivity index (χ1v) is 9.78. The van der Waals surface area contributed by atoms with Crippen LogP contribution in [-0.2, 0) is 6.54 Å². The average Bonchev–Trinajstić information content (AvgIpc) is 3.08. The van der Waals surface area contributed by atoms with Gasteiger partial charge >= 0.3 is 0 Å². The van der Waals surface area contributed by atoms with Crippen LogP contribution in [0.2, 0.25) is 0 Å². The highest BCUT2D eigenvalue weighted by atomic mass is 127. The molecular weight excluding hydrogens is 479 g/mol. The number of nitrogens with zero attached hydrogens (tertiary/aromatic N) is 5. The standard InChI is InChI=1S/C21H26N6O.HI/c1-3-22-20(25-15-19-16(2)17-7-4-5-8-18(17)28-19)26-11-13-27(14-12-26)21-23-9-6-10-24-21;/h4-10H,3,11-15H2,1-2H3,(H,22,25);1H. The van der Waals surface area contributed by atoms with Crippen LogP contribution in [0.3, 0.4) is 0 Å². The highest BCUT2D eigenvalue weighted by Gasteiger charge is 2.21. The molecule has 4 rings (SSSR count). The van der Waals surface area contributed by atoms with E-state index >= 15 is 0 Å². The molecule has 1 aliphatic rings. The maximum absolute atomic E-state index is 6.01. The lowest BCUT2D eigenvalue weighted by molar-refractivity contribution is 0.369. The molecule has 8 heteroatoms. The molecule has 1 N–H and O–H groups in total. The number of aryl methyl sites for hydroxylation is 1. The van der Waals surface area contributed by atoms with E-state index in [1.54, 1.807) is 12.4 Å². The predicted octanol–water partition coefficient (Wildman–Crippen LogP) is 3.44. The number of para-hydroxylation sites is 1. The van der Waals surface area contributed by atoms with Gasteiger partial charge in [0.1, 0.15) is 17.9 Å². The molecule has 7 nitrogen and oxygen atoms in total. The highest BCUT2D eigenvalue weighted by molar-refractivity contribution is 14.0. The molecular formula is C21H27IN6O. The maximum Gasteiger partial charge on any atom is 0.225 e. The summed E-state index contributed by atoms with van der Waals surface area (Å²) in [5.74, 6) is 2.64. The van der Waals surface area contributed by atoms with Crippen molar-refractivity contribution in [3.05, 3.63) is 54.0 Å². The van der Waals surface area contributed by atoms with Gasteiger partial charge < -0.3 is 19.5 Å². The van der Waals surface area contributed by atoms with Crippen LogP contribution in [0, 0.1) is 6.92 Å². The fraction of sp³-hybridized carbons (Fsp3) is 0.381. The molecule has 0 saturated carbocycles. The van der Waals surface area contributed by atoms with Crippen LogP contribution in [-0.4, -0.2) is 53.6 Å². The summed E-state index contributed by atoms with van der Waals surface area (Å²) >= 11 is 0. The second kappa shape index (κ2) is 9.91. The van der Waals surface area contributed by atoms with E-state index in [0.29, 0.717) is 6.54 Å². The van der Waals surface area contributed by atoms with Gasteiger partial charge in [-0.25, -0.2) is 15.0 Å². The fourth-order valence-electron chi connectivity index (χ4n) is 3.52. The van der Waals surface area contributed by atoms with Gasteiger partial charge in [-0.3, -0.25) is 0 Å². The number of piperazine rings is 1. The minimum atomic E-state index is 0. The van der Waals surface area contributed by atoms with Crippen LogP contribution in [0.1, 0.15) is 18.2 Å². The number of anilines is 1. The van der Waals surface area contributed by atoms with Crippen LogP contribution >= 0.6 is 24.0 Å². The number of hydrogen-bond donors (Lipinski definition) is 1. The van der Waals surface area contributed by atoms with E-state index < -0.39 is 0 Å². The summed E-state index contributed by atoms with van der Waals surface area (Å²) in [5.41, 5.74) is 2.09. The van der Waals surface area contributed by atoms with E-state index in [-0.39, 0.29) is 24.0 Å². The number of halogens is 1. The van der Waals surface area contributed by atoms with Crippen molar-refractivity contribution < 1.29 is 4.42 Å². The third-order valence-corrected chi connectivity index (χ3v) is 5.06. The predicted molar refractivity (Wildman–Crippen MR) is 127 cm³/mol. The van der Waals surface area contributed by atoms with E-state index in [4.69, 9.17) is 9.41 Å². The fourth-order valence-corrected chi connectivity index (χ4v) is 3.52. The minimum absolute atomic E-state index is 0. The average molecular weight is 506 g/mol. The van der Waals surface area contributed by atoms with Gasteiger partial charge in [-0.05, 0) is 26.0 Å². The Labute approximate surface area is 188 Å².